The fraction of sp³-hybridized carbons (Fsp3) is 0.357. The van der Waals surface area contributed by atoms with E-state index in [2.05, 4.69) is 22.6 Å². The molecule has 7 nitrogen and oxygen atoms in total. The minimum absolute atomic E-state index is 0.0259. The van der Waals surface area contributed by atoms with E-state index in [9.17, 15) is 17.6 Å². The van der Waals surface area contributed by atoms with Gasteiger partial charge in [0.05, 0.1) is 0 Å². The minimum atomic E-state index is -3.91. The fourth-order valence-electron chi connectivity index (χ4n) is 4.52. The molecule has 4 rings (SSSR count). The number of rotatable bonds is 9. The summed E-state index contributed by atoms with van der Waals surface area (Å²) < 4.78 is 47.5. The average Bonchev–Trinajstić information content (AvgIpc) is 3.28. The minimum Gasteiger partial charge on any atom is -0.355 e. The third-order valence-corrected chi connectivity index (χ3v) is 8.73. The second kappa shape index (κ2) is 11.8. The molecule has 2 aromatic carbocycles. The Labute approximate surface area is 217 Å². The molecule has 1 fully saturated rings. The first-order valence-electron chi connectivity index (χ1n) is 12.5. The summed E-state index contributed by atoms with van der Waals surface area (Å²) in [7, 11) is -3.91. The van der Waals surface area contributed by atoms with Gasteiger partial charge in [-0.05, 0) is 63.3 Å². The molecule has 3 aromatic rings. The van der Waals surface area contributed by atoms with Gasteiger partial charge >= 0.3 is 0 Å². The monoisotopic (exact) mass is 525 g/mol. The van der Waals surface area contributed by atoms with E-state index in [1.807, 2.05) is 25.1 Å². The quantitative estimate of drug-likeness (QED) is 0.432. The van der Waals surface area contributed by atoms with Gasteiger partial charge in [-0.2, -0.15) is 4.31 Å². The summed E-state index contributed by atoms with van der Waals surface area (Å²) in [5.74, 6) is -0.649. The van der Waals surface area contributed by atoms with Crippen LogP contribution < -0.4 is 5.32 Å². The normalized spacial score (nSPS) is 16.2. The molecule has 1 saturated heterocycles. The van der Waals surface area contributed by atoms with Crippen molar-refractivity contribution in [3.05, 3.63) is 83.0 Å². The molecule has 0 radical (unpaired) electrons. The molecule has 0 bridgehead atoms. The molecule has 0 saturated carbocycles. The maximum atomic E-state index is 14.0. The molecule has 0 unspecified atom stereocenters. The lowest BCUT2D eigenvalue weighted by Gasteiger charge is -2.31. The van der Waals surface area contributed by atoms with Gasteiger partial charge in [-0.15, -0.1) is 0 Å². The fourth-order valence-corrected chi connectivity index (χ4v) is 6.24. The third kappa shape index (κ3) is 6.53. The smallest absolute Gasteiger partial charge is 0.248 e. The molecule has 37 heavy (non-hydrogen) atoms. The van der Waals surface area contributed by atoms with Gasteiger partial charge in [0.2, 0.25) is 15.9 Å². The lowest BCUT2D eigenvalue weighted by atomic mass is 9.96. The molecule has 2 heterocycles. The van der Waals surface area contributed by atoms with Gasteiger partial charge in [0.15, 0.2) is 10.7 Å². The van der Waals surface area contributed by atoms with E-state index < -0.39 is 15.8 Å². The van der Waals surface area contributed by atoms with Crippen molar-refractivity contribution in [1.29, 1.82) is 0 Å². The van der Waals surface area contributed by atoms with Crippen LogP contribution in [-0.2, 0) is 21.2 Å². The maximum Gasteiger partial charge on any atom is 0.248 e. The summed E-state index contributed by atoms with van der Waals surface area (Å²) in [6.45, 7) is 4.00. The first-order valence-corrected chi connectivity index (χ1v) is 13.9. The van der Waals surface area contributed by atoms with Crippen molar-refractivity contribution in [1.82, 2.24) is 14.8 Å². The number of carbonyl (C=O) groups excluding carboxylic acids is 1. The Bertz CT molecular complexity index is 1350. The summed E-state index contributed by atoms with van der Waals surface area (Å²) >= 11 is 0. The van der Waals surface area contributed by atoms with Crippen LogP contribution in [-0.4, -0.2) is 42.9 Å². The van der Waals surface area contributed by atoms with Crippen LogP contribution in [0, 0.1) is 18.7 Å². The summed E-state index contributed by atoms with van der Waals surface area (Å²) in [6, 6.07) is 16.3. The number of carbonyl (C=O) groups is 1. The number of nitrogens with one attached hydrogen (secondary N) is 1. The topological polar surface area (TPSA) is 92.5 Å². The van der Waals surface area contributed by atoms with Gasteiger partial charge in [0.1, 0.15) is 11.5 Å². The highest BCUT2D eigenvalue weighted by atomic mass is 32.2. The average molecular weight is 526 g/mol. The van der Waals surface area contributed by atoms with E-state index in [0.29, 0.717) is 18.4 Å². The van der Waals surface area contributed by atoms with Gasteiger partial charge in [-0.1, -0.05) is 53.7 Å². The molecule has 1 aliphatic rings. The van der Waals surface area contributed by atoms with E-state index in [1.165, 1.54) is 28.1 Å². The molecule has 0 spiro atoms. The predicted octanol–water partition coefficient (Wildman–Crippen LogP) is 4.83. The molecular weight excluding hydrogens is 493 g/mol. The van der Waals surface area contributed by atoms with Crippen LogP contribution in [0.25, 0.3) is 12.2 Å². The van der Waals surface area contributed by atoms with E-state index in [0.717, 1.165) is 12.8 Å². The number of hydrogen-bond acceptors (Lipinski definition) is 5. The number of nitrogens with zero attached hydrogens (tertiary/aromatic N) is 2. The predicted molar refractivity (Wildman–Crippen MR) is 140 cm³/mol. The highest BCUT2D eigenvalue weighted by molar-refractivity contribution is 7.89. The van der Waals surface area contributed by atoms with Crippen LogP contribution >= 0.6 is 0 Å². The van der Waals surface area contributed by atoms with Crippen LogP contribution in [0.4, 0.5) is 4.39 Å². The molecule has 1 amide bonds. The number of piperidine rings is 1. The number of aromatic nitrogens is 1. The molecule has 196 valence electrons. The first kappa shape index (κ1) is 26.8. The molecule has 9 heteroatoms. The first-order chi connectivity index (χ1) is 17.8. The number of benzene rings is 2. The molecule has 1 aliphatic heterocycles. The summed E-state index contributed by atoms with van der Waals surface area (Å²) in [4.78, 5) is 12.8. The number of amides is 1. The maximum absolute atomic E-state index is 14.0. The second-order valence-electron chi connectivity index (χ2n) is 9.43. The number of hydrogen-bond donors (Lipinski definition) is 1. The van der Waals surface area contributed by atoms with Gasteiger partial charge in [-0.3, -0.25) is 4.79 Å². The van der Waals surface area contributed by atoms with Crippen LogP contribution in [0.2, 0.25) is 0 Å². The van der Waals surface area contributed by atoms with Crippen molar-refractivity contribution < 1.29 is 22.1 Å². The van der Waals surface area contributed by atoms with Crippen molar-refractivity contribution >= 4 is 28.1 Å². The van der Waals surface area contributed by atoms with Gasteiger partial charge < -0.3 is 9.84 Å². The van der Waals surface area contributed by atoms with Crippen LogP contribution in [0.15, 0.2) is 64.0 Å². The SMILES string of the molecule is Cc1noc(/C=C/c2ccccc2F)c1S(=O)(=O)N1CCC(C(=O)N[C@H](C)CCc2ccccc2)CC1. The van der Waals surface area contributed by atoms with Crippen molar-refractivity contribution in [2.45, 2.75) is 50.5 Å². The largest absolute Gasteiger partial charge is 0.355 e. The van der Waals surface area contributed by atoms with E-state index in [4.69, 9.17) is 4.52 Å². The van der Waals surface area contributed by atoms with Crippen molar-refractivity contribution in [3.8, 4) is 0 Å². The van der Waals surface area contributed by atoms with Crippen molar-refractivity contribution in [2.24, 2.45) is 5.92 Å². The summed E-state index contributed by atoms with van der Waals surface area (Å²) in [6.07, 6.45) is 5.46. The lowest BCUT2D eigenvalue weighted by molar-refractivity contribution is -0.126. The zero-order valence-corrected chi connectivity index (χ0v) is 21.9. The number of sulfonamides is 1. The zero-order chi connectivity index (χ0) is 26.4. The molecule has 1 N–H and O–H groups in total. The van der Waals surface area contributed by atoms with Crippen molar-refractivity contribution in [3.63, 3.8) is 0 Å². The Morgan fingerprint density at radius 2 is 1.81 bits per heavy atom. The van der Waals surface area contributed by atoms with Crippen LogP contribution in [0.1, 0.15) is 48.8 Å². The van der Waals surface area contributed by atoms with Gasteiger partial charge in [-0.25, -0.2) is 12.8 Å². The van der Waals surface area contributed by atoms with E-state index >= 15 is 0 Å². The number of halogens is 1. The Morgan fingerprint density at radius 3 is 2.51 bits per heavy atom. The molecule has 0 aliphatic carbocycles. The van der Waals surface area contributed by atoms with E-state index in [-0.39, 0.29) is 47.3 Å². The third-order valence-electron chi connectivity index (χ3n) is 6.67. The Balaban J connectivity index is 1.36. The van der Waals surface area contributed by atoms with Gasteiger partial charge in [0, 0.05) is 30.6 Å². The van der Waals surface area contributed by atoms with Gasteiger partial charge in [0.25, 0.3) is 0 Å². The Kier molecular flexibility index (Phi) is 8.56. The second-order valence-corrected chi connectivity index (χ2v) is 11.3. The molecule has 1 atom stereocenters. The highest BCUT2D eigenvalue weighted by Crippen LogP contribution is 2.29. The summed E-state index contributed by atoms with van der Waals surface area (Å²) in [5, 5.41) is 6.92. The van der Waals surface area contributed by atoms with Crippen LogP contribution in [0.5, 0.6) is 0 Å². The van der Waals surface area contributed by atoms with E-state index in [1.54, 1.807) is 25.1 Å². The van der Waals surface area contributed by atoms with Crippen molar-refractivity contribution in [2.75, 3.05) is 13.1 Å². The Morgan fingerprint density at radius 1 is 1.14 bits per heavy atom. The zero-order valence-electron chi connectivity index (χ0n) is 21.1. The summed E-state index contributed by atoms with van der Waals surface area (Å²) in [5.41, 5.74) is 1.78. The number of aryl methyl sites for hydroxylation is 2. The lowest BCUT2D eigenvalue weighted by Crippen LogP contribution is -2.45. The highest BCUT2D eigenvalue weighted by Gasteiger charge is 2.36. The standard InChI is InChI=1S/C28H32FN3O4S/c1-20(12-13-22-8-4-3-5-9-22)30-28(33)24-16-18-32(19-17-24)37(34,35)27-21(2)31-36-26(27)15-14-23-10-6-7-11-25(23)29/h3-11,14-15,20,24H,12-13,16-19H2,1-2H3,(H,30,33)/b15-14+/t20-/m1/s1. The van der Waals surface area contributed by atoms with Crippen LogP contribution in [0.3, 0.4) is 0 Å². The Hall–Kier alpha value is -3.30. The molecule has 1 aromatic heterocycles. The molecular formula is C28H32FN3O4S.